The Morgan fingerprint density at radius 3 is 2.62 bits per heavy atom. The first-order valence-corrected chi connectivity index (χ1v) is 7.62. The van der Waals surface area contributed by atoms with Crippen molar-refractivity contribution in [2.75, 3.05) is 7.11 Å². The van der Waals surface area contributed by atoms with E-state index >= 15 is 0 Å². The van der Waals surface area contributed by atoms with Crippen LogP contribution in [0.3, 0.4) is 0 Å². The van der Waals surface area contributed by atoms with Crippen LogP contribution >= 0.6 is 0 Å². The van der Waals surface area contributed by atoms with E-state index in [1.54, 1.807) is 6.92 Å². The number of hydrogen-bond donors (Lipinski definition) is 0. The van der Waals surface area contributed by atoms with Crippen molar-refractivity contribution < 1.29 is 23.7 Å². The predicted molar refractivity (Wildman–Crippen MR) is 84.9 cm³/mol. The molecule has 0 unspecified atom stereocenters. The predicted octanol–water partition coefficient (Wildman–Crippen LogP) is 2.57. The Hall–Kier alpha value is -2.12. The van der Waals surface area contributed by atoms with Crippen LogP contribution in [0.2, 0.25) is 0 Å². The van der Waals surface area contributed by atoms with Crippen LogP contribution in [0.1, 0.15) is 19.4 Å². The van der Waals surface area contributed by atoms with Gasteiger partial charge >= 0.3 is 5.97 Å². The fraction of sp³-hybridized carbons (Fsp3) is 0.562. The summed E-state index contributed by atoms with van der Waals surface area (Å²) in [7, 11) is 1.45. The number of carbonyl (C=O) groups excluding carboxylic acids is 1. The van der Waals surface area contributed by atoms with Crippen molar-refractivity contribution in [3.05, 3.63) is 46.3 Å². The number of azide groups is 1. The first kappa shape index (κ1) is 18.2. The molecule has 8 nitrogen and oxygen atoms in total. The minimum absolute atomic E-state index is 0.282. The Balaban J connectivity index is 2.24. The third-order valence-electron chi connectivity index (χ3n) is 3.76. The minimum atomic E-state index is -0.831. The molecule has 0 spiro atoms. The van der Waals surface area contributed by atoms with Crippen molar-refractivity contribution in [2.45, 2.75) is 51.1 Å². The summed E-state index contributed by atoms with van der Waals surface area (Å²) in [5, 5.41) is 3.77. The summed E-state index contributed by atoms with van der Waals surface area (Å²) in [4.78, 5) is 14.3. The van der Waals surface area contributed by atoms with Crippen molar-refractivity contribution in [3.63, 3.8) is 0 Å². The number of esters is 1. The molecular formula is C16H21N3O5. The summed E-state index contributed by atoms with van der Waals surface area (Å²) < 4.78 is 22.2. The van der Waals surface area contributed by atoms with Crippen LogP contribution < -0.4 is 0 Å². The van der Waals surface area contributed by atoms with E-state index in [0.29, 0.717) is 0 Å². The van der Waals surface area contributed by atoms with Gasteiger partial charge in [0.1, 0.15) is 6.10 Å². The van der Waals surface area contributed by atoms with Crippen molar-refractivity contribution in [3.8, 4) is 0 Å². The molecule has 1 fully saturated rings. The molecule has 2 rings (SSSR count). The summed E-state index contributed by atoms with van der Waals surface area (Å²) in [6, 6.07) is 8.90. The number of carbonyl (C=O) groups is 1. The van der Waals surface area contributed by atoms with E-state index in [2.05, 4.69) is 10.0 Å². The Labute approximate surface area is 140 Å². The van der Waals surface area contributed by atoms with Gasteiger partial charge in [-0.15, -0.1) is 0 Å². The molecule has 1 heterocycles. The Morgan fingerprint density at radius 2 is 2.04 bits per heavy atom. The molecule has 5 atom stereocenters. The van der Waals surface area contributed by atoms with Crippen molar-refractivity contribution in [2.24, 2.45) is 5.11 Å². The molecule has 0 N–H and O–H groups in total. The van der Waals surface area contributed by atoms with Gasteiger partial charge in [0.2, 0.25) is 0 Å². The molecule has 1 aromatic carbocycles. The van der Waals surface area contributed by atoms with Crippen LogP contribution in [0.5, 0.6) is 0 Å². The van der Waals surface area contributed by atoms with Crippen LogP contribution in [0.4, 0.5) is 0 Å². The molecule has 1 aliphatic rings. The quantitative estimate of drug-likeness (QED) is 0.344. The molecule has 1 aromatic rings. The number of hydrogen-bond acceptors (Lipinski definition) is 6. The maximum atomic E-state index is 11.4. The molecular weight excluding hydrogens is 314 g/mol. The van der Waals surface area contributed by atoms with E-state index in [0.717, 1.165) is 5.56 Å². The lowest BCUT2D eigenvalue weighted by atomic mass is 9.97. The van der Waals surface area contributed by atoms with Gasteiger partial charge in [-0.3, -0.25) is 4.79 Å². The first-order valence-electron chi connectivity index (χ1n) is 7.62. The van der Waals surface area contributed by atoms with E-state index < -0.39 is 36.6 Å². The molecule has 0 aliphatic carbocycles. The molecule has 130 valence electrons. The third kappa shape index (κ3) is 4.46. The van der Waals surface area contributed by atoms with Crippen LogP contribution in [0, 0.1) is 0 Å². The van der Waals surface area contributed by atoms with E-state index in [9.17, 15) is 4.79 Å². The van der Waals surface area contributed by atoms with Gasteiger partial charge in [-0.25, -0.2) is 0 Å². The summed E-state index contributed by atoms with van der Waals surface area (Å²) >= 11 is 0. The molecule has 1 aliphatic heterocycles. The Bertz CT molecular complexity index is 591. The second-order valence-corrected chi connectivity index (χ2v) is 5.48. The molecule has 0 bridgehead atoms. The largest absolute Gasteiger partial charge is 0.454 e. The first-order chi connectivity index (χ1) is 11.6. The smallest absolute Gasteiger partial charge is 0.303 e. The lowest BCUT2D eigenvalue weighted by molar-refractivity contribution is -0.274. The molecule has 24 heavy (non-hydrogen) atoms. The number of benzene rings is 1. The van der Waals surface area contributed by atoms with Crippen LogP contribution in [-0.4, -0.2) is 43.7 Å². The minimum Gasteiger partial charge on any atom is -0.454 e. The SMILES string of the molecule is CO[C@H]1O[C@H](C)[C@@H](N=[N+]=[N-])[C@H](OCc2ccccc2)[C@H]1OC(C)=O. The summed E-state index contributed by atoms with van der Waals surface area (Å²) in [5.41, 5.74) is 9.79. The van der Waals surface area contributed by atoms with Crippen molar-refractivity contribution in [1.82, 2.24) is 0 Å². The highest BCUT2D eigenvalue weighted by molar-refractivity contribution is 5.66. The highest BCUT2D eigenvalue weighted by atomic mass is 16.7. The zero-order chi connectivity index (χ0) is 17.5. The van der Waals surface area contributed by atoms with E-state index in [1.807, 2.05) is 30.3 Å². The average Bonchev–Trinajstić information content (AvgIpc) is 2.57. The van der Waals surface area contributed by atoms with E-state index in [1.165, 1.54) is 14.0 Å². The zero-order valence-electron chi connectivity index (χ0n) is 13.9. The Morgan fingerprint density at radius 1 is 1.33 bits per heavy atom. The number of ether oxygens (including phenoxy) is 4. The van der Waals surface area contributed by atoms with Gasteiger partial charge in [-0.1, -0.05) is 35.4 Å². The summed E-state index contributed by atoms with van der Waals surface area (Å²) in [5.74, 6) is -0.492. The standard InChI is InChI=1S/C16H21N3O5/c1-10-13(18-19-17)14(22-9-12-7-5-4-6-8-12)15(24-11(2)20)16(21-3)23-10/h4-8,10,13-16H,9H2,1-3H3/t10-,13-,14+,15-,16+/m1/s1. The molecule has 0 radical (unpaired) electrons. The average molecular weight is 335 g/mol. The summed E-state index contributed by atoms with van der Waals surface area (Å²) in [6.45, 7) is 3.33. The van der Waals surface area contributed by atoms with Crippen LogP contribution in [-0.2, 0) is 30.3 Å². The fourth-order valence-corrected chi connectivity index (χ4v) is 2.67. The maximum Gasteiger partial charge on any atom is 0.303 e. The highest BCUT2D eigenvalue weighted by Crippen LogP contribution is 2.29. The normalized spacial score (nSPS) is 29.5. The van der Waals surface area contributed by atoms with Crippen molar-refractivity contribution in [1.29, 1.82) is 0 Å². The second-order valence-electron chi connectivity index (χ2n) is 5.48. The lowest BCUT2D eigenvalue weighted by Gasteiger charge is -2.42. The molecule has 0 aromatic heterocycles. The third-order valence-corrected chi connectivity index (χ3v) is 3.76. The Kier molecular flexibility index (Phi) is 6.57. The maximum absolute atomic E-state index is 11.4. The lowest BCUT2D eigenvalue weighted by Crippen LogP contribution is -2.58. The van der Waals surface area contributed by atoms with Gasteiger partial charge in [0.15, 0.2) is 12.4 Å². The second kappa shape index (κ2) is 8.65. The van der Waals surface area contributed by atoms with Gasteiger partial charge in [0.05, 0.1) is 18.8 Å². The molecule has 0 amide bonds. The van der Waals surface area contributed by atoms with E-state index in [-0.39, 0.29) is 6.61 Å². The van der Waals surface area contributed by atoms with Gasteiger partial charge in [0, 0.05) is 18.9 Å². The van der Waals surface area contributed by atoms with Crippen LogP contribution in [0.25, 0.3) is 10.4 Å². The highest BCUT2D eigenvalue weighted by Gasteiger charge is 2.47. The van der Waals surface area contributed by atoms with Crippen molar-refractivity contribution >= 4 is 5.97 Å². The molecule has 8 heteroatoms. The van der Waals surface area contributed by atoms with Gasteiger partial charge in [-0.05, 0) is 18.0 Å². The van der Waals surface area contributed by atoms with E-state index in [4.69, 9.17) is 24.5 Å². The van der Waals surface area contributed by atoms with Crippen LogP contribution in [0.15, 0.2) is 35.4 Å². The number of methoxy groups -OCH3 is 1. The number of rotatable bonds is 6. The monoisotopic (exact) mass is 335 g/mol. The summed E-state index contributed by atoms with van der Waals surface area (Å²) in [6.07, 6.45) is -2.75. The topological polar surface area (TPSA) is 103 Å². The zero-order valence-corrected chi connectivity index (χ0v) is 13.9. The molecule has 1 saturated heterocycles. The van der Waals surface area contributed by atoms with Gasteiger partial charge < -0.3 is 18.9 Å². The number of nitrogens with zero attached hydrogens (tertiary/aromatic N) is 3. The van der Waals surface area contributed by atoms with Gasteiger partial charge in [-0.2, -0.15) is 0 Å². The molecule has 0 saturated carbocycles. The van der Waals surface area contributed by atoms with Gasteiger partial charge in [0.25, 0.3) is 0 Å². The fourth-order valence-electron chi connectivity index (χ4n) is 2.67.